The normalized spacial score (nSPS) is 35.9. The third kappa shape index (κ3) is 3.32. The molecule has 116 valence electrons. The van der Waals surface area contributed by atoms with Gasteiger partial charge in [0.25, 0.3) is 0 Å². The van der Waals surface area contributed by atoms with E-state index >= 15 is 0 Å². The molecule has 20 heavy (non-hydrogen) atoms. The van der Waals surface area contributed by atoms with E-state index in [2.05, 4.69) is 24.1 Å². The third-order valence-electron chi connectivity index (χ3n) is 4.74. The van der Waals surface area contributed by atoms with Gasteiger partial charge in [-0.05, 0) is 45.6 Å². The van der Waals surface area contributed by atoms with Gasteiger partial charge in [0.2, 0.25) is 0 Å². The second kappa shape index (κ2) is 6.87. The summed E-state index contributed by atoms with van der Waals surface area (Å²) in [7, 11) is 0. The summed E-state index contributed by atoms with van der Waals surface area (Å²) in [5.41, 5.74) is -0.725. The zero-order valence-corrected chi connectivity index (χ0v) is 12.7. The first-order valence-electron chi connectivity index (χ1n) is 7.91. The fourth-order valence-electron chi connectivity index (χ4n) is 3.61. The highest BCUT2D eigenvalue weighted by atomic mass is 16.5. The van der Waals surface area contributed by atoms with Crippen molar-refractivity contribution in [3.63, 3.8) is 0 Å². The lowest BCUT2D eigenvalue weighted by atomic mass is 9.77. The fourth-order valence-corrected chi connectivity index (χ4v) is 3.61. The van der Waals surface area contributed by atoms with Gasteiger partial charge in [-0.2, -0.15) is 0 Å². The summed E-state index contributed by atoms with van der Waals surface area (Å²) in [6.45, 7) is 7.48. The topological polar surface area (TPSA) is 61.8 Å². The van der Waals surface area contributed by atoms with Crippen molar-refractivity contribution < 1.29 is 14.6 Å². The van der Waals surface area contributed by atoms with Crippen LogP contribution in [0.3, 0.4) is 0 Å². The van der Waals surface area contributed by atoms with E-state index in [0.29, 0.717) is 18.5 Å². The summed E-state index contributed by atoms with van der Waals surface area (Å²) >= 11 is 0. The van der Waals surface area contributed by atoms with Crippen LogP contribution in [0.25, 0.3) is 0 Å². The van der Waals surface area contributed by atoms with Crippen LogP contribution in [-0.2, 0) is 9.53 Å². The molecule has 0 amide bonds. The van der Waals surface area contributed by atoms with Gasteiger partial charge in [-0.25, -0.2) is 0 Å². The molecule has 0 bridgehead atoms. The van der Waals surface area contributed by atoms with Crippen LogP contribution in [0.15, 0.2) is 0 Å². The van der Waals surface area contributed by atoms with E-state index in [-0.39, 0.29) is 0 Å². The van der Waals surface area contributed by atoms with Crippen molar-refractivity contribution in [3.8, 4) is 0 Å². The molecule has 3 unspecified atom stereocenters. The van der Waals surface area contributed by atoms with Gasteiger partial charge in [-0.3, -0.25) is 9.69 Å². The maximum atomic E-state index is 11.8. The Kier molecular flexibility index (Phi) is 5.41. The molecule has 0 aromatic carbocycles. The Labute approximate surface area is 121 Å². The van der Waals surface area contributed by atoms with Crippen LogP contribution in [0, 0.1) is 0 Å². The van der Waals surface area contributed by atoms with Gasteiger partial charge < -0.3 is 15.2 Å². The zero-order valence-electron chi connectivity index (χ0n) is 12.7. The van der Waals surface area contributed by atoms with Gasteiger partial charge in [0.15, 0.2) is 0 Å². The molecule has 0 aromatic heterocycles. The van der Waals surface area contributed by atoms with Crippen LogP contribution in [0.4, 0.5) is 0 Å². The molecule has 1 heterocycles. The molecule has 2 rings (SSSR count). The average Bonchev–Trinajstić information content (AvgIpc) is 2.45. The molecule has 0 radical (unpaired) electrons. The minimum atomic E-state index is -0.725. The van der Waals surface area contributed by atoms with Crippen LogP contribution in [-0.4, -0.2) is 59.9 Å². The number of carboxylic acids is 1. The number of hydrogen-bond acceptors (Lipinski definition) is 4. The number of morpholine rings is 1. The molecular weight excluding hydrogens is 256 g/mol. The molecule has 0 aromatic rings. The number of nitrogens with zero attached hydrogens (tertiary/aromatic N) is 1. The second-order valence-corrected chi connectivity index (χ2v) is 6.23. The van der Waals surface area contributed by atoms with Crippen molar-refractivity contribution in [1.29, 1.82) is 0 Å². The molecule has 3 atom stereocenters. The van der Waals surface area contributed by atoms with E-state index in [0.717, 1.165) is 52.0 Å². The molecule has 5 heteroatoms. The van der Waals surface area contributed by atoms with Crippen molar-refractivity contribution >= 4 is 5.97 Å². The quantitative estimate of drug-likeness (QED) is 0.800. The minimum Gasteiger partial charge on any atom is -0.480 e. The molecule has 2 N–H and O–H groups in total. The first kappa shape index (κ1) is 15.7. The Bertz CT molecular complexity index is 337. The van der Waals surface area contributed by atoms with Crippen LogP contribution in [0.1, 0.15) is 46.0 Å². The van der Waals surface area contributed by atoms with Crippen molar-refractivity contribution in [1.82, 2.24) is 10.2 Å². The van der Waals surface area contributed by atoms with Gasteiger partial charge in [0.1, 0.15) is 5.54 Å². The number of hydrogen-bond donors (Lipinski definition) is 2. The van der Waals surface area contributed by atoms with Crippen LogP contribution < -0.4 is 5.32 Å². The van der Waals surface area contributed by atoms with Crippen molar-refractivity contribution in [2.45, 2.75) is 63.6 Å². The standard InChI is InChI=1S/C15H28N2O3/c1-3-7-16-15(14(18)19)6-4-5-13(10-15)17-8-9-20-11-12(17)2/h12-13,16H,3-11H2,1-2H3,(H,18,19). The van der Waals surface area contributed by atoms with E-state index < -0.39 is 11.5 Å². The maximum absolute atomic E-state index is 11.8. The monoisotopic (exact) mass is 284 g/mol. The summed E-state index contributed by atoms with van der Waals surface area (Å²) in [6.07, 6.45) is 4.52. The number of carbonyl (C=O) groups is 1. The SMILES string of the molecule is CCCNC1(C(=O)O)CCCC(N2CCOCC2C)C1. The van der Waals surface area contributed by atoms with Gasteiger partial charge in [-0.1, -0.05) is 6.92 Å². The molecule has 1 saturated carbocycles. The Morgan fingerprint density at radius 1 is 1.55 bits per heavy atom. The Morgan fingerprint density at radius 2 is 2.35 bits per heavy atom. The summed E-state index contributed by atoms with van der Waals surface area (Å²) in [5.74, 6) is -0.684. The summed E-state index contributed by atoms with van der Waals surface area (Å²) < 4.78 is 5.49. The fraction of sp³-hybridized carbons (Fsp3) is 0.933. The number of ether oxygens (including phenoxy) is 1. The molecule has 1 aliphatic heterocycles. The van der Waals surface area contributed by atoms with Crippen LogP contribution in [0.5, 0.6) is 0 Å². The van der Waals surface area contributed by atoms with E-state index in [9.17, 15) is 9.90 Å². The van der Waals surface area contributed by atoms with E-state index in [1.807, 2.05) is 0 Å². The van der Waals surface area contributed by atoms with Crippen molar-refractivity contribution in [3.05, 3.63) is 0 Å². The smallest absolute Gasteiger partial charge is 0.323 e. The van der Waals surface area contributed by atoms with Gasteiger partial charge in [0, 0.05) is 18.6 Å². The van der Waals surface area contributed by atoms with Gasteiger partial charge >= 0.3 is 5.97 Å². The number of carboxylic acid groups (broad SMARTS) is 1. The molecule has 1 saturated heterocycles. The Hall–Kier alpha value is -0.650. The van der Waals surface area contributed by atoms with Crippen molar-refractivity contribution in [2.75, 3.05) is 26.3 Å². The van der Waals surface area contributed by atoms with E-state index in [1.165, 1.54) is 0 Å². The maximum Gasteiger partial charge on any atom is 0.323 e. The molecule has 2 aliphatic rings. The molecule has 5 nitrogen and oxygen atoms in total. The van der Waals surface area contributed by atoms with Crippen LogP contribution >= 0.6 is 0 Å². The highest BCUT2D eigenvalue weighted by Crippen LogP contribution is 2.33. The largest absolute Gasteiger partial charge is 0.480 e. The summed E-state index contributed by atoms with van der Waals surface area (Å²) in [5, 5.41) is 13.0. The molecule has 1 aliphatic carbocycles. The minimum absolute atomic E-state index is 0.364. The van der Waals surface area contributed by atoms with E-state index in [1.54, 1.807) is 0 Å². The summed E-state index contributed by atoms with van der Waals surface area (Å²) in [6, 6.07) is 0.757. The predicted molar refractivity (Wildman–Crippen MR) is 77.9 cm³/mol. The number of nitrogens with one attached hydrogen (secondary N) is 1. The number of rotatable bonds is 5. The van der Waals surface area contributed by atoms with Crippen molar-refractivity contribution in [2.24, 2.45) is 0 Å². The van der Waals surface area contributed by atoms with Crippen LogP contribution in [0.2, 0.25) is 0 Å². The molecular formula is C15H28N2O3. The third-order valence-corrected chi connectivity index (χ3v) is 4.74. The molecule has 0 spiro atoms. The van der Waals surface area contributed by atoms with E-state index in [4.69, 9.17) is 4.74 Å². The van der Waals surface area contributed by atoms with Gasteiger partial charge in [-0.15, -0.1) is 0 Å². The summed E-state index contributed by atoms with van der Waals surface area (Å²) in [4.78, 5) is 14.2. The lowest BCUT2D eigenvalue weighted by molar-refractivity contribution is -0.148. The number of aliphatic carboxylic acids is 1. The second-order valence-electron chi connectivity index (χ2n) is 6.23. The lowest BCUT2D eigenvalue weighted by Crippen LogP contribution is -2.60. The highest BCUT2D eigenvalue weighted by molar-refractivity contribution is 5.79. The lowest BCUT2D eigenvalue weighted by Gasteiger charge is -2.46. The first-order valence-corrected chi connectivity index (χ1v) is 7.91. The van der Waals surface area contributed by atoms with Gasteiger partial charge in [0.05, 0.1) is 13.2 Å². The Balaban J connectivity index is 2.06. The average molecular weight is 284 g/mol. The highest BCUT2D eigenvalue weighted by Gasteiger charge is 2.44. The molecule has 2 fully saturated rings. The predicted octanol–water partition coefficient (Wildman–Crippen LogP) is 1.47. The first-order chi connectivity index (χ1) is 9.59. The Morgan fingerprint density at radius 3 is 3.00 bits per heavy atom. The zero-order chi connectivity index (χ0) is 14.6.